The molecule has 10 nitrogen and oxygen atoms in total. The molecule has 0 saturated heterocycles. The van der Waals surface area contributed by atoms with E-state index in [2.05, 4.69) is 55.8 Å². The zero-order valence-electron chi connectivity index (χ0n) is 25.5. The number of aromatic nitrogens is 4. The molecule has 11 heteroatoms. The molecule has 230 valence electrons. The predicted molar refractivity (Wildman–Crippen MR) is 184 cm³/mol. The number of para-hydroxylation sites is 1. The Morgan fingerprint density at radius 1 is 1.18 bits per heavy atom. The van der Waals surface area contributed by atoms with Crippen molar-refractivity contribution in [3.8, 4) is 16.9 Å². The number of benzene rings is 2. The van der Waals surface area contributed by atoms with Crippen molar-refractivity contribution in [1.82, 2.24) is 30.5 Å². The molecule has 6 N–H and O–H groups in total. The fraction of sp³-hybridized carbons (Fsp3) is 0.206. The number of pyridine rings is 1. The average molecular weight is 621 g/mol. The van der Waals surface area contributed by atoms with Gasteiger partial charge in [0, 0.05) is 57.6 Å². The minimum atomic E-state index is -0.248. The van der Waals surface area contributed by atoms with Crippen LogP contribution in [0.15, 0.2) is 72.4 Å². The maximum Gasteiger partial charge on any atom is 0.286 e. The number of aromatic amines is 1. The number of hydrogen-bond donors (Lipinski definition) is 5. The van der Waals surface area contributed by atoms with Gasteiger partial charge in [-0.3, -0.25) is 20.7 Å². The molecule has 6 aromatic rings. The van der Waals surface area contributed by atoms with Crippen LogP contribution in [0, 0.1) is 6.92 Å². The van der Waals surface area contributed by atoms with Crippen molar-refractivity contribution in [2.45, 2.75) is 19.8 Å². The Hall–Kier alpha value is -5.13. The van der Waals surface area contributed by atoms with E-state index in [0.717, 1.165) is 69.3 Å². The largest absolute Gasteiger partial charge is 0.494 e. The van der Waals surface area contributed by atoms with E-state index in [4.69, 9.17) is 10.5 Å². The predicted octanol–water partition coefficient (Wildman–Crippen LogP) is 6.07. The zero-order chi connectivity index (χ0) is 31.3. The Balaban J connectivity index is 1.13. The average Bonchev–Trinajstić information content (AvgIpc) is 3.78. The van der Waals surface area contributed by atoms with E-state index in [0.29, 0.717) is 22.9 Å². The normalized spacial score (nSPS) is 11.5. The fourth-order valence-corrected chi connectivity index (χ4v) is 6.56. The van der Waals surface area contributed by atoms with Gasteiger partial charge in [-0.15, -0.1) is 11.3 Å². The van der Waals surface area contributed by atoms with Crippen molar-refractivity contribution >= 4 is 55.8 Å². The van der Waals surface area contributed by atoms with Crippen molar-refractivity contribution in [3.63, 3.8) is 0 Å². The molecular formula is C34H36N8O2S. The molecule has 0 spiro atoms. The van der Waals surface area contributed by atoms with E-state index in [9.17, 15) is 4.79 Å². The molecule has 4 heterocycles. The van der Waals surface area contributed by atoms with E-state index in [1.54, 1.807) is 18.4 Å². The standard InChI is InChI=1S/C34H36N8O2S/c1-21-24(19-38-39-21)9-6-14-36-15-7-10-25-18-37-33(35)31-26(20-45-32(25)31)22-12-13-27(30(17-22)44-3)40-41-34(43)29-16-23-8-4-5-11-28(23)42(29)2/h4-5,7-8,10-13,16-20,36,40H,6,9,14-15H2,1-3H3,(H2,35,37)(H,38,39)(H,41,43)/b10-7+. The SMILES string of the molecule is COc1cc(-c2csc3c(/C=C/CNCCCc4cn[nH]c4C)cnc(N)c23)ccc1NNC(=O)c1cc2ccccc2n1C. The lowest BCUT2D eigenvalue weighted by molar-refractivity contribution is 0.0955. The van der Waals surface area contributed by atoms with Crippen LogP contribution in [0.25, 0.3) is 38.2 Å². The Kier molecular flexibility index (Phi) is 8.81. The van der Waals surface area contributed by atoms with Crippen LogP contribution in [0.3, 0.4) is 0 Å². The van der Waals surface area contributed by atoms with Gasteiger partial charge < -0.3 is 20.4 Å². The van der Waals surface area contributed by atoms with Crippen LogP contribution in [-0.4, -0.2) is 45.9 Å². The summed E-state index contributed by atoms with van der Waals surface area (Å²) >= 11 is 1.64. The second-order valence-corrected chi connectivity index (χ2v) is 11.7. The fourth-order valence-electron chi connectivity index (χ4n) is 5.48. The highest BCUT2D eigenvalue weighted by atomic mass is 32.1. The maximum absolute atomic E-state index is 13.0. The van der Waals surface area contributed by atoms with Gasteiger partial charge in [-0.05, 0) is 67.1 Å². The van der Waals surface area contributed by atoms with Gasteiger partial charge >= 0.3 is 0 Å². The number of thiophene rings is 1. The third kappa shape index (κ3) is 6.26. The van der Waals surface area contributed by atoms with Crippen LogP contribution in [-0.2, 0) is 13.5 Å². The van der Waals surface area contributed by atoms with Gasteiger partial charge in [-0.1, -0.05) is 36.4 Å². The van der Waals surface area contributed by atoms with Gasteiger partial charge in [0.1, 0.15) is 17.3 Å². The Bertz CT molecular complexity index is 2000. The number of nitrogen functional groups attached to an aromatic ring is 1. The van der Waals surface area contributed by atoms with E-state index in [1.165, 1.54) is 5.56 Å². The molecule has 0 aliphatic rings. The molecule has 0 aliphatic carbocycles. The van der Waals surface area contributed by atoms with Crippen molar-refractivity contribution in [3.05, 3.63) is 94.9 Å². The summed E-state index contributed by atoms with van der Waals surface area (Å²) in [6, 6.07) is 15.6. The first kappa shape index (κ1) is 29.9. The summed E-state index contributed by atoms with van der Waals surface area (Å²) in [5.41, 5.74) is 19.7. The van der Waals surface area contributed by atoms with Gasteiger partial charge in [0.15, 0.2) is 0 Å². The number of ether oxygens (including phenoxy) is 1. The first-order chi connectivity index (χ1) is 21.9. The molecule has 0 bridgehead atoms. The number of amides is 1. The Morgan fingerprint density at radius 2 is 2.04 bits per heavy atom. The Morgan fingerprint density at radius 3 is 2.84 bits per heavy atom. The molecule has 0 atom stereocenters. The van der Waals surface area contributed by atoms with Crippen molar-refractivity contribution < 1.29 is 9.53 Å². The number of nitrogens with two attached hydrogens (primary N) is 1. The number of methoxy groups -OCH3 is 1. The molecule has 0 saturated carbocycles. The highest BCUT2D eigenvalue weighted by Gasteiger charge is 2.17. The van der Waals surface area contributed by atoms with Gasteiger partial charge in [-0.2, -0.15) is 5.10 Å². The lowest BCUT2D eigenvalue weighted by Gasteiger charge is -2.14. The summed E-state index contributed by atoms with van der Waals surface area (Å²) in [5.74, 6) is 0.817. The second kappa shape index (κ2) is 13.2. The molecule has 45 heavy (non-hydrogen) atoms. The van der Waals surface area contributed by atoms with Crippen LogP contribution in [0.1, 0.15) is 33.7 Å². The number of aryl methyl sites for hydroxylation is 3. The first-order valence-electron chi connectivity index (χ1n) is 14.8. The van der Waals surface area contributed by atoms with Gasteiger partial charge in [-0.25, -0.2) is 4.98 Å². The van der Waals surface area contributed by atoms with E-state index >= 15 is 0 Å². The number of fused-ring (bicyclic) bond motifs is 2. The maximum atomic E-state index is 13.0. The third-order valence-electron chi connectivity index (χ3n) is 7.95. The van der Waals surface area contributed by atoms with Crippen LogP contribution in [0.5, 0.6) is 5.75 Å². The number of nitrogens with zero attached hydrogens (tertiary/aromatic N) is 3. The van der Waals surface area contributed by atoms with E-state index in [-0.39, 0.29) is 5.91 Å². The lowest BCUT2D eigenvalue weighted by atomic mass is 10.0. The molecule has 0 radical (unpaired) electrons. The highest BCUT2D eigenvalue weighted by molar-refractivity contribution is 7.18. The topological polar surface area (TPSA) is 135 Å². The number of H-pyrrole nitrogens is 1. The number of nitrogens with one attached hydrogen (secondary N) is 4. The highest BCUT2D eigenvalue weighted by Crippen LogP contribution is 2.41. The number of anilines is 2. The summed E-state index contributed by atoms with van der Waals surface area (Å²) in [7, 11) is 3.48. The van der Waals surface area contributed by atoms with Crippen molar-refractivity contribution in [1.29, 1.82) is 0 Å². The Labute approximate surface area is 265 Å². The minimum absolute atomic E-state index is 0.248. The molecule has 1 amide bonds. The first-order valence-corrected chi connectivity index (χ1v) is 15.6. The van der Waals surface area contributed by atoms with Crippen LogP contribution in [0.2, 0.25) is 0 Å². The summed E-state index contributed by atoms with van der Waals surface area (Å²) < 4.78 is 8.64. The summed E-state index contributed by atoms with van der Waals surface area (Å²) in [4.78, 5) is 17.5. The summed E-state index contributed by atoms with van der Waals surface area (Å²) in [5, 5.41) is 14.6. The van der Waals surface area contributed by atoms with E-state index < -0.39 is 0 Å². The van der Waals surface area contributed by atoms with Gasteiger partial charge in [0.05, 0.1) is 19.0 Å². The smallest absolute Gasteiger partial charge is 0.286 e. The zero-order valence-corrected chi connectivity index (χ0v) is 26.3. The van der Waals surface area contributed by atoms with Gasteiger partial charge in [0.25, 0.3) is 5.91 Å². The number of carbonyl (C=O) groups is 1. The molecule has 4 aromatic heterocycles. The number of hydrazine groups is 1. The van der Waals surface area contributed by atoms with Gasteiger partial charge in [0.2, 0.25) is 0 Å². The molecule has 6 rings (SSSR count). The van der Waals surface area contributed by atoms with Crippen LogP contribution >= 0.6 is 11.3 Å². The summed E-state index contributed by atoms with van der Waals surface area (Å²) in [6.07, 6.45) is 9.98. The second-order valence-electron chi connectivity index (χ2n) is 10.8. The molecule has 0 aliphatic heterocycles. The quantitative estimate of drug-likeness (QED) is 0.0828. The number of rotatable bonds is 12. The summed E-state index contributed by atoms with van der Waals surface area (Å²) in [6.45, 7) is 3.74. The van der Waals surface area contributed by atoms with Crippen LogP contribution < -0.4 is 26.6 Å². The molecule has 2 aromatic carbocycles. The number of hydrogen-bond acceptors (Lipinski definition) is 8. The minimum Gasteiger partial charge on any atom is -0.494 e. The van der Waals surface area contributed by atoms with Crippen molar-refractivity contribution in [2.75, 3.05) is 31.4 Å². The van der Waals surface area contributed by atoms with Crippen molar-refractivity contribution in [2.24, 2.45) is 7.05 Å². The third-order valence-corrected chi connectivity index (χ3v) is 8.98. The van der Waals surface area contributed by atoms with Crippen LogP contribution in [0.4, 0.5) is 11.5 Å². The lowest BCUT2D eigenvalue weighted by Crippen LogP contribution is -2.30. The molecular weight excluding hydrogens is 584 g/mol. The molecule has 0 unspecified atom stereocenters. The van der Waals surface area contributed by atoms with E-state index in [1.807, 2.05) is 72.5 Å². The monoisotopic (exact) mass is 620 g/mol. The number of carbonyl (C=O) groups excluding carboxylic acids is 1. The molecule has 0 fully saturated rings.